The maximum Gasteiger partial charge on any atom is 0.309 e. The minimum atomic E-state index is -0.644. The third kappa shape index (κ3) is 0.856. The highest BCUT2D eigenvalue weighted by molar-refractivity contribution is 6.00. The van der Waals surface area contributed by atoms with Gasteiger partial charge < -0.3 is 5.21 Å². The van der Waals surface area contributed by atoms with Gasteiger partial charge in [0.05, 0.1) is 0 Å². The molecule has 11 heavy (non-hydrogen) atoms. The molecule has 0 bridgehead atoms. The van der Waals surface area contributed by atoms with E-state index in [9.17, 15) is 10.0 Å². The molecule has 1 saturated heterocycles. The molecule has 0 aromatic carbocycles. The molecule has 2 heterocycles. The van der Waals surface area contributed by atoms with Crippen molar-refractivity contribution in [2.45, 2.75) is 0 Å². The first kappa shape index (κ1) is 6.51. The molecule has 1 amide bonds. The smallest absolute Gasteiger partial charge is 0.309 e. The molecule has 5 nitrogen and oxygen atoms in total. The summed E-state index contributed by atoms with van der Waals surface area (Å²) in [5.74, 6) is -0.0278. The van der Waals surface area contributed by atoms with E-state index in [2.05, 4.69) is 10.3 Å². The van der Waals surface area contributed by atoms with Crippen LogP contribution < -0.4 is 5.32 Å². The van der Waals surface area contributed by atoms with Gasteiger partial charge in [0, 0.05) is 6.20 Å². The summed E-state index contributed by atoms with van der Waals surface area (Å²) in [5, 5.41) is 14.0. The molecule has 2 aliphatic heterocycles. The summed E-state index contributed by atoms with van der Waals surface area (Å²) < 4.78 is -0.644. The fraction of sp³-hybridized carbons (Fsp3) is 0.333. The van der Waals surface area contributed by atoms with Crippen molar-refractivity contribution in [3.8, 4) is 0 Å². The molecule has 0 saturated carbocycles. The zero-order chi connectivity index (χ0) is 7.90. The van der Waals surface area contributed by atoms with Gasteiger partial charge in [-0.3, -0.25) is 14.8 Å². The van der Waals surface area contributed by atoms with Gasteiger partial charge in [-0.2, -0.15) is 4.99 Å². The lowest BCUT2D eigenvalue weighted by Crippen LogP contribution is -2.47. The van der Waals surface area contributed by atoms with Crippen LogP contribution in [-0.4, -0.2) is 29.6 Å². The summed E-state index contributed by atoms with van der Waals surface area (Å²) in [5.41, 5.74) is 0. The van der Waals surface area contributed by atoms with Gasteiger partial charge in [0.25, 0.3) is 5.91 Å². The first-order valence-corrected chi connectivity index (χ1v) is 3.32. The summed E-state index contributed by atoms with van der Waals surface area (Å²) in [6.07, 6.45) is 3.20. The monoisotopic (exact) mass is 153 g/mol. The Morgan fingerprint density at radius 1 is 1.73 bits per heavy atom. The highest BCUT2D eigenvalue weighted by atomic mass is 16.6. The van der Waals surface area contributed by atoms with Crippen LogP contribution in [0.5, 0.6) is 0 Å². The molecular weight excluding hydrogens is 146 g/mol. The molecule has 5 heteroatoms. The first-order chi connectivity index (χ1) is 5.21. The fourth-order valence-corrected chi connectivity index (χ4v) is 1.20. The predicted octanol–water partition coefficient (Wildman–Crippen LogP) is -0.686. The Morgan fingerprint density at radius 2 is 2.55 bits per heavy atom. The summed E-state index contributed by atoms with van der Waals surface area (Å²) in [4.78, 5) is 14.6. The number of carbonyl (C=O) groups is 1. The summed E-state index contributed by atoms with van der Waals surface area (Å²) >= 11 is 0. The van der Waals surface area contributed by atoms with Crippen molar-refractivity contribution >= 4 is 11.9 Å². The van der Waals surface area contributed by atoms with Crippen molar-refractivity contribution in [2.75, 3.05) is 13.1 Å². The molecule has 0 aromatic rings. The van der Waals surface area contributed by atoms with Crippen LogP contribution >= 0.6 is 0 Å². The van der Waals surface area contributed by atoms with Crippen LogP contribution in [0.15, 0.2) is 17.3 Å². The van der Waals surface area contributed by atoms with Gasteiger partial charge >= 0.3 is 5.96 Å². The van der Waals surface area contributed by atoms with E-state index in [-0.39, 0.29) is 18.4 Å². The van der Waals surface area contributed by atoms with E-state index in [1.165, 1.54) is 6.20 Å². The Morgan fingerprint density at radius 3 is 3.27 bits per heavy atom. The standard InChI is InChI=1S/C6H7N3O2/c10-5-4-9(11)3-1-2-7-6(9)8-5/h1-2H,3-4H2,(H,7,8,10). The van der Waals surface area contributed by atoms with Gasteiger partial charge in [0.15, 0.2) is 6.54 Å². The third-order valence-electron chi connectivity index (χ3n) is 1.74. The highest BCUT2D eigenvalue weighted by Crippen LogP contribution is 2.14. The maximum atomic E-state index is 11.6. The van der Waals surface area contributed by atoms with Crippen LogP contribution in [0.3, 0.4) is 0 Å². The zero-order valence-corrected chi connectivity index (χ0v) is 5.78. The van der Waals surface area contributed by atoms with Crippen molar-refractivity contribution < 1.29 is 9.44 Å². The number of amides is 1. The lowest BCUT2D eigenvalue weighted by Gasteiger charge is -2.35. The third-order valence-corrected chi connectivity index (χ3v) is 1.74. The Kier molecular flexibility index (Phi) is 1.12. The molecule has 1 fully saturated rings. The van der Waals surface area contributed by atoms with Crippen LogP contribution in [0.4, 0.5) is 0 Å². The number of hydrogen-bond acceptors (Lipinski definition) is 3. The minimum Gasteiger partial charge on any atom is -0.624 e. The van der Waals surface area contributed by atoms with E-state index in [4.69, 9.17) is 0 Å². The van der Waals surface area contributed by atoms with E-state index >= 15 is 0 Å². The zero-order valence-electron chi connectivity index (χ0n) is 5.78. The van der Waals surface area contributed by atoms with E-state index in [0.29, 0.717) is 6.54 Å². The van der Waals surface area contributed by atoms with Gasteiger partial charge in [-0.05, 0) is 6.08 Å². The Balaban J connectivity index is 2.37. The van der Waals surface area contributed by atoms with Gasteiger partial charge in [-0.1, -0.05) is 0 Å². The number of quaternary nitrogens is 1. The number of carbonyl (C=O) groups excluding carboxylic acids is 1. The van der Waals surface area contributed by atoms with Gasteiger partial charge in [0.1, 0.15) is 6.54 Å². The molecule has 1 atom stereocenters. The van der Waals surface area contributed by atoms with E-state index in [1.807, 2.05) is 0 Å². The molecule has 0 aromatic heterocycles. The molecule has 2 aliphatic rings. The normalized spacial score (nSPS) is 34.6. The molecule has 0 aliphatic carbocycles. The Hall–Kier alpha value is -1.20. The second-order valence-corrected chi connectivity index (χ2v) is 2.62. The molecule has 0 radical (unpaired) electrons. The largest absolute Gasteiger partial charge is 0.624 e. The lowest BCUT2D eigenvalue weighted by atomic mass is 10.4. The van der Waals surface area contributed by atoms with Crippen LogP contribution in [0.2, 0.25) is 0 Å². The lowest BCUT2D eigenvalue weighted by molar-refractivity contribution is -0.770. The Labute approximate surface area is 63.2 Å². The average molecular weight is 153 g/mol. The molecule has 1 N–H and O–H groups in total. The van der Waals surface area contributed by atoms with E-state index in [0.717, 1.165) is 0 Å². The minimum absolute atomic E-state index is 0.0385. The quantitative estimate of drug-likeness (QED) is 0.370. The van der Waals surface area contributed by atoms with Crippen molar-refractivity contribution in [3.05, 3.63) is 17.5 Å². The highest BCUT2D eigenvalue weighted by Gasteiger charge is 2.37. The van der Waals surface area contributed by atoms with Crippen LogP contribution in [0.1, 0.15) is 0 Å². The maximum absolute atomic E-state index is 11.6. The number of nitrogens with one attached hydrogen (secondary N) is 1. The average Bonchev–Trinajstić information content (AvgIpc) is 2.22. The summed E-state index contributed by atoms with van der Waals surface area (Å²) in [6, 6.07) is 0. The number of hydrogen-bond donors (Lipinski definition) is 1. The van der Waals surface area contributed by atoms with Crippen molar-refractivity contribution in [1.82, 2.24) is 5.32 Å². The topological polar surface area (TPSA) is 64.5 Å². The Bertz CT molecular complexity index is 271. The van der Waals surface area contributed by atoms with E-state index in [1.54, 1.807) is 6.08 Å². The molecule has 0 spiro atoms. The van der Waals surface area contributed by atoms with E-state index < -0.39 is 4.65 Å². The van der Waals surface area contributed by atoms with Crippen LogP contribution in [0, 0.1) is 5.21 Å². The number of guanidine groups is 1. The fourth-order valence-electron chi connectivity index (χ4n) is 1.20. The molecular formula is C6H7N3O2. The number of aliphatic imine (C=N–C) groups is 1. The van der Waals surface area contributed by atoms with Gasteiger partial charge in [-0.25, -0.2) is 0 Å². The molecule has 58 valence electrons. The molecule has 2 rings (SSSR count). The number of rotatable bonds is 0. The predicted molar refractivity (Wildman–Crippen MR) is 38.1 cm³/mol. The van der Waals surface area contributed by atoms with Gasteiger partial charge in [-0.15, -0.1) is 0 Å². The second-order valence-electron chi connectivity index (χ2n) is 2.62. The number of hydroxylamine groups is 3. The SMILES string of the molecule is O=C1C[N+]2([O-])CC=CN=C2N1. The second kappa shape index (κ2) is 1.90. The van der Waals surface area contributed by atoms with Crippen molar-refractivity contribution in [1.29, 1.82) is 0 Å². The van der Waals surface area contributed by atoms with Crippen LogP contribution in [-0.2, 0) is 4.79 Å². The summed E-state index contributed by atoms with van der Waals surface area (Å²) in [7, 11) is 0. The molecule has 1 unspecified atom stereocenters. The van der Waals surface area contributed by atoms with Crippen LogP contribution in [0.25, 0.3) is 0 Å². The number of fused-ring (bicyclic) bond motifs is 1. The summed E-state index contributed by atoms with van der Waals surface area (Å²) in [6.45, 7) is 0.265. The number of nitrogens with zero attached hydrogens (tertiary/aromatic N) is 2. The first-order valence-electron chi connectivity index (χ1n) is 3.32. The van der Waals surface area contributed by atoms with Crippen molar-refractivity contribution in [3.63, 3.8) is 0 Å². The van der Waals surface area contributed by atoms with Crippen molar-refractivity contribution in [2.24, 2.45) is 4.99 Å². The van der Waals surface area contributed by atoms with Gasteiger partial charge in [0.2, 0.25) is 0 Å².